The highest BCUT2D eigenvalue weighted by Gasteiger charge is 2.39. The first-order valence-corrected chi connectivity index (χ1v) is 10.3. The number of para-hydroxylation sites is 1. The van der Waals surface area contributed by atoms with Gasteiger partial charge in [0, 0.05) is 34.0 Å². The molecule has 28 heavy (non-hydrogen) atoms. The molecule has 1 aliphatic rings. The first-order valence-electron chi connectivity index (χ1n) is 8.74. The van der Waals surface area contributed by atoms with Crippen molar-refractivity contribution in [3.63, 3.8) is 0 Å². The summed E-state index contributed by atoms with van der Waals surface area (Å²) >= 11 is 0. The Hall–Kier alpha value is -3.20. The molecule has 0 bridgehead atoms. The van der Waals surface area contributed by atoms with E-state index in [9.17, 15) is 18.0 Å². The fraction of sp³-hybridized carbons (Fsp3) is 0.211. The second-order valence-electron chi connectivity index (χ2n) is 6.57. The fourth-order valence-electron chi connectivity index (χ4n) is 3.65. The molecule has 2 heterocycles. The van der Waals surface area contributed by atoms with E-state index in [4.69, 9.17) is 0 Å². The lowest BCUT2D eigenvalue weighted by Gasteiger charge is -2.20. The summed E-state index contributed by atoms with van der Waals surface area (Å²) in [6.07, 6.45) is 0. The number of aromatic nitrogens is 1. The van der Waals surface area contributed by atoms with Gasteiger partial charge in [0.1, 0.15) is 0 Å². The first kappa shape index (κ1) is 18.2. The molecule has 3 amide bonds. The minimum absolute atomic E-state index is 0.0649. The Balaban J connectivity index is 1.78. The topological polar surface area (TPSA) is 110 Å². The third kappa shape index (κ3) is 2.84. The smallest absolute Gasteiger partial charge is 0.341 e. The molecule has 0 spiro atoms. The Morgan fingerprint density at radius 3 is 2.54 bits per heavy atom. The average molecular weight is 398 g/mol. The number of hydrogen-bond acceptors (Lipinski definition) is 4. The van der Waals surface area contributed by atoms with Gasteiger partial charge in [0.2, 0.25) is 10.0 Å². The number of hydrogen-bond donors (Lipinski definition) is 2. The second kappa shape index (κ2) is 6.45. The van der Waals surface area contributed by atoms with Crippen LogP contribution in [0.4, 0.5) is 10.5 Å². The Labute approximate surface area is 161 Å². The lowest BCUT2D eigenvalue weighted by atomic mass is 10.1. The molecule has 4 rings (SSSR count). The molecule has 1 unspecified atom stereocenters. The van der Waals surface area contributed by atoms with Crippen LogP contribution < -0.4 is 10.0 Å². The van der Waals surface area contributed by atoms with Crippen LogP contribution in [0.2, 0.25) is 0 Å². The largest absolute Gasteiger partial charge is 0.347 e. The molecular formula is C19H18N4O4S. The van der Waals surface area contributed by atoms with Gasteiger partial charge in [-0.25, -0.2) is 18.2 Å². The van der Waals surface area contributed by atoms with Gasteiger partial charge in [-0.2, -0.15) is 0 Å². The number of benzene rings is 2. The Kier molecular flexibility index (Phi) is 4.19. The maximum absolute atomic E-state index is 12.8. The molecule has 0 aliphatic carbocycles. The SMILES string of the molecule is CCn1c2ccccc2c2cc(NS(=O)(=O)C3C(=O)NC(=O)N=C3C)ccc21. The van der Waals surface area contributed by atoms with Gasteiger partial charge in [0.15, 0.2) is 5.25 Å². The van der Waals surface area contributed by atoms with E-state index in [0.29, 0.717) is 5.69 Å². The van der Waals surface area contributed by atoms with Gasteiger partial charge in [0.25, 0.3) is 5.91 Å². The van der Waals surface area contributed by atoms with E-state index in [1.54, 1.807) is 12.1 Å². The maximum Gasteiger partial charge on any atom is 0.347 e. The quantitative estimate of drug-likeness (QED) is 0.704. The van der Waals surface area contributed by atoms with Crippen molar-refractivity contribution in [1.29, 1.82) is 0 Å². The van der Waals surface area contributed by atoms with Crippen molar-refractivity contribution in [1.82, 2.24) is 9.88 Å². The fourth-order valence-corrected chi connectivity index (χ4v) is 5.07. The van der Waals surface area contributed by atoms with Crippen LogP contribution in [0.5, 0.6) is 0 Å². The minimum Gasteiger partial charge on any atom is -0.341 e. The zero-order chi connectivity index (χ0) is 20.1. The summed E-state index contributed by atoms with van der Waals surface area (Å²) in [4.78, 5) is 26.9. The molecule has 0 radical (unpaired) electrons. The molecule has 9 heteroatoms. The van der Waals surface area contributed by atoms with Gasteiger partial charge >= 0.3 is 6.03 Å². The van der Waals surface area contributed by atoms with Gasteiger partial charge in [-0.15, -0.1) is 0 Å². The van der Waals surface area contributed by atoms with Gasteiger partial charge in [-0.3, -0.25) is 14.8 Å². The average Bonchev–Trinajstić information content (AvgIpc) is 2.93. The van der Waals surface area contributed by atoms with E-state index in [-0.39, 0.29) is 5.71 Å². The van der Waals surface area contributed by atoms with Crippen molar-refractivity contribution in [3.8, 4) is 0 Å². The van der Waals surface area contributed by atoms with Crippen LogP contribution >= 0.6 is 0 Å². The molecule has 1 aliphatic heterocycles. The van der Waals surface area contributed by atoms with E-state index >= 15 is 0 Å². The third-order valence-electron chi connectivity index (χ3n) is 4.78. The van der Waals surface area contributed by atoms with E-state index in [1.165, 1.54) is 6.92 Å². The number of rotatable bonds is 4. The van der Waals surface area contributed by atoms with Gasteiger partial charge in [-0.1, -0.05) is 18.2 Å². The Morgan fingerprint density at radius 1 is 1.11 bits per heavy atom. The highest BCUT2D eigenvalue weighted by atomic mass is 32.2. The van der Waals surface area contributed by atoms with Crippen LogP contribution in [-0.4, -0.2) is 35.9 Å². The molecule has 0 saturated heterocycles. The van der Waals surface area contributed by atoms with Crippen molar-refractivity contribution in [2.24, 2.45) is 4.99 Å². The number of fused-ring (bicyclic) bond motifs is 3. The van der Waals surface area contributed by atoms with Gasteiger partial charge < -0.3 is 4.57 Å². The molecule has 8 nitrogen and oxygen atoms in total. The van der Waals surface area contributed by atoms with Gasteiger partial charge in [0.05, 0.1) is 5.71 Å². The molecule has 1 atom stereocenters. The molecule has 3 aromatic rings. The Bertz CT molecular complexity index is 1270. The summed E-state index contributed by atoms with van der Waals surface area (Å²) < 4.78 is 30.2. The number of aryl methyl sites for hydroxylation is 1. The predicted octanol–water partition coefficient (Wildman–Crippen LogP) is 2.64. The Morgan fingerprint density at radius 2 is 1.82 bits per heavy atom. The molecule has 144 valence electrons. The number of aliphatic imine (C=N–C) groups is 1. The molecule has 0 saturated carbocycles. The second-order valence-corrected chi connectivity index (χ2v) is 8.33. The van der Waals surface area contributed by atoms with Crippen molar-refractivity contribution < 1.29 is 18.0 Å². The number of anilines is 1. The zero-order valence-corrected chi connectivity index (χ0v) is 16.1. The van der Waals surface area contributed by atoms with Crippen LogP contribution in [0.25, 0.3) is 21.8 Å². The summed E-state index contributed by atoms with van der Waals surface area (Å²) in [6, 6.07) is 12.3. The summed E-state index contributed by atoms with van der Waals surface area (Å²) in [7, 11) is -4.13. The predicted molar refractivity (Wildman–Crippen MR) is 108 cm³/mol. The maximum atomic E-state index is 12.8. The molecule has 1 aromatic heterocycles. The molecule has 0 fully saturated rings. The third-order valence-corrected chi connectivity index (χ3v) is 6.48. The van der Waals surface area contributed by atoms with Crippen molar-refractivity contribution in [2.75, 3.05) is 4.72 Å². The molecular weight excluding hydrogens is 380 g/mol. The van der Waals surface area contributed by atoms with Crippen molar-refractivity contribution in [3.05, 3.63) is 42.5 Å². The lowest BCUT2D eigenvalue weighted by Crippen LogP contribution is -2.51. The number of nitrogens with zero attached hydrogens (tertiary/aromatic N) is 2. The number of carbonyl (C=O) groups is 2. The summed E-state index contributed by atoms with van der Waals surface area (Å²) in [5, 5.41) is 2.29. The summed E-state index contributed by atoms with van der Waals surface area (Å²) in [5.41, 5.74) is 2.33. The van der Waals surface area contributed by atoms with Gasteiger partial charge in [-0.05, 0) is 38.1 Å². The number of nitrogens with one attached hydrogen (secondary N) is 2. The molecule has 2 aromatic carbocycles. The van der Waals surface area contributed by atoms with Crippen LogP contribution in [-0.2, 0) is 21.4 Å². The normalized spacial score (nSPS) is 17.6. The van der Waals surface area contributed by atoms with Crippen LogP contribution in [0.1, 0.15) is 13.8 Å². The zero-order valence-electron chi connectivity index (χ0n) is 15.3. The van der Waals surface area contributed by atoms with Crippen molar-refractivity contribution in [2.45, 2.75) is 25.6 Å². The van der Waals surface area contributed by atoms with E-state index in [1.807, 2.05) is 42.6 Å². The van der Waals surface area contributed by atoms with E-state index in [0.717, 1.165) is 28.4 Å². The molecule has 2 N–H and O–H groups in total. The number of imide groups is 1. The van der Waals surface area contributed by atoms with Crippen LogP contribution in [0.3, 0.4) is 0 Å². The van der Waals surface area contributed by atoms with E-state index in [2.05, 4.69) is 14.3 Å². The summed E-state index contributed by atoms with van der Waals surface area (Å²) in [6.45, 7) is 4.17. The number of amides is 3. The van der Waals surface area contributed by atoms with E-state index < -0.39 is 27.2 Å². The summed E-state index contributed by atoms with van der Waals surface area (Å²) in [5.74, 6) is -0.909. The highest BCUT2D eigenvalue weighted by molar-refractivity contribution is 7.94. The number of urea groups is 1. The monoisotopic (exact) mass is 398 g/mol. The highest BCUT2D eigenvalue weighted by Crippen LogP contribution is 2.31. The standard InChI is InChI=1S/C19H18N4O4S/c1-3-23-15-7-5-4-6-13(15)14-10-12(8-9-16(14)23)22-28(26,27)17-11(2)20-19(25)21-18(17)24/h4-10,17,22H,3H2,1-2H3,(H,21,24,25). The van der Waals surface area contributed by atoms with Crippen LogP contribution in [0, 0.1) is 0 Å². The number of sulfonamides is 1. The van der Waals surface area contributed by atoms with Crippen molar-refractivity contribution >= 4 is 55.2 Å². The first-order chi connectivity index (χ1) is 13.3. The van der Waals surface area contributed by atoms with Crippen LogP contribution in [0.15, 0.2) is 47.5 Å². The number of carbonyl (C=O) groups excluding carboxylic acids is 2. The lowest BCUT2D eigenvalue weighted by molar-refractivity contribution is -0.118. The minimum atomic E-state index is -4.13.